The molecule has 148 valence electrons. The average molecular weight is 407 g/mol. The molecule has 1 aromatic heterocycles. The second-order valence-corrected chi connectivity index (χ2v) is 7.53. The number of halogens is 1. The highest BCUT2D eigenvalue weighted by atomic mass is 35.5. The predicted octanol–water partition coefficient (Wildman–Crippen LogP) is 5.39. The molecule has 1 atom stereocenters. The number of benzene rings is 3. The number of rotatable bonds is 6. The Hall–Kier alpha value is -2.82. The van der Waals surface area contributed by atoms with Crippen molar-refractivity contribution in [3.63, 3.8) is 0 Å². The van der Waals surface area contributed by atoms with Crippen LogP contribution in [-0.2, 0) is 13.2 Å². The fraction of sp³-hybridized carbons (Fsp3) is 0.208. The third kappa shape index (κ3) is 3.86. The molecule has 0 aliphatic rings. The zero-order valence-corrected chi connectivity index (χ0v) is 17.2. The van der Waals surface area contributed by atoms with Crippen LogP contribution >= 0.6 is 11.6 Å². The van der Waals surface area contributed by atoms with E-state index in [2.05, 4.69) is 23.6 Å². The maximum Gasteiger partial charge on any atom is 0.121 e. The van der Waals surface area contributed by atoms with Gasteiger partial charge in [-0.1, -0.05) is 61.0 Å². The largest absolute Gasteiger partial charge is 0.497 e. The molecule has 1 unspecified atom stereocenters. The van der Waals surface area contributed by atoms with E-state index in [0.717, 1.165) is 44.3 Å². The molecule has 0 saturated carbocycles. The minimum absolute atomic E-state index is 0.0411. The topological polar surface area (TPSA) is 47.3 Å². The van der Waals surface area contributed by atoms with Gasteiger partial charge in [-0.3, -0.25) is 0 Å². The fourth-order valence-corrected chi connectivity index (χ4v) is 3.81. The minimum atomic E-state index is 0.0411. The van der Waals surface area contributed by atoms with Crippen LogP contribution in [0.15, 0.2) is 66.7 Å². The van der Waals surface area contributed by atoms with Gasteiger partial charge in [0.25, 0.3) is 0 Å². The summed E-state index contributed by atoms with van der Waals surface area (Å²) in [5.41, 5.74) is 5.03. The van der Waals surface area contributed by atoms with Crippen LogP contribution in [0.1, 0.15) is 35.4 Å². The first-order chi connectivity index (χ1) is 14.1. The van der Waals surface area contributed by atoms with E-state index in [1.807, 2.05) is 54.6 Å². The van der Waals surface area contributed by atoms with Gasteiger partial charge < -0.3 is 14.4 Å². The molecule has 1 heterocycles. The number of aromatic nitrogens is 2. The smallest absolute Gasteiger partial charge is 0.121 e. The molecule has 0 radical (unpaired) electrons. The molecule has 0 aliphatic carbocycles. The van der Waals surface area contributed by atoms with E-state index in [-0.39, 0.29) is 12.5 Å². The summed E-state index contributed by atoms with van der Waals surface area (Å²) in [5.74, 6) is 1.82. The second-order valence-electron chi connectivity index (χ2n) is 7.12. The Morgan fingerprint density at radius 1 is 1.07 bits per heavy atom. The number of nitrogens with zero attached hydrogens (tertiary/aromatic N) is 2. The molecule has 29 heavy (non-hydrogen) atoms. The average Bonchev–Trinajstić information content (AvgIpc) is 3.12. The van der Waals surface area contributed by atoms with Crippen LogP contribution in [-0.4, -0.2) is 21.8 Å². The lowest BCUT2D eigenvalue weighted by molar-refractivity contribution is 0.282. The summed E-state index contributed by atoms with van der Waals surface area (Å²) in [6, 6.07) is 21.9. The Bertz CT molecular complexity index is 1140. The van der Waals surface area contributed by atoms with E-state index < -0.39 is 0 Å². The van der Waals surface area contributed by atoms with Gasteiger partial charge in [-0.25, -0.2) is 4.98 Å². The van der Waals surface area contributed by atoms with Crippen molar-refractivity contribution in [2.75, 3.05) is 7.11 Å². The molecule has 0 aliphatic heterocycles. The number of imidazole rings is 1. The first-order valence-electron chi connectivity index (χ1n) is 9.58. The van der Waals surface area contributed by atoms with Crippen molar-refractivity contribution in [2.45, 2.75) is 26.0 Å². The molecule has 0 saturated heterocycles. The van der Waals surface area contributed by atoms with Crippen molar-refractivity contribution in [2.24, 2.45) is 0 Å². The van der Waals surface area contributed by atoms with Crippen molar-refractivity contribution < 1.29 is 9.84 Å². The molecule has 0 bridgehead atoms. The Balaban J connectivity index is 1.83. The summed E-state index contributed by atoms with van der Waals surface area (Å²) in [7, 11) is 1.66. The Kier molecular flexibility index (Phi) is 5.56. The molecule has 5 heteroatoms. The first-order valence-corrected chi connectivity index (χ1v) is 9.95. The van der Waals surface area contributed by atoms with Crippen LogP contribution in [0.5, 0.6) is 5.75 Å². The number of aliphatic hydroxyl groups is 1. The van der Waals surface area contributed by atoms with Crippen LogP contribution in [0, 0.1) is 0 Å². The monoisotopic (exact) mass is 406 g/mol. The van der Waals surface area contributed by atoms with Crippen LogP contribution in [0.2, 0.25) is 5.02 Å². The summed E-state index contributed by atoms with van der Waals surface area (Å²) in [6.07, 6.45) is 0. The van der Waals surface area contributed by atoms with Gasteiger partial charge in [-0.05, 0) is 34.9 Å². The molecule has 0 amide bonds. The van der Waals surface area contributed by atoms with Gasteiger partial charge in [0.1, 0.15) is 11.6 Å². The van der Waals surface area contributed by atoms with Crippen molar-refractivity contribution in [1.29, 1.82) is 0 Å². The van der Waals surface area contributed by atoms with Crippen molar-refractivity contribution in [1.82, 2.24) is 9.55 Å². The van der Waals surface area contributed by atoms with Gasteiger partial charge in [0.15, 0.2) is 0 Å². The molecule has 0 fully saturated rings. The molecule has 0 spiro atoms. The van der Waals surface area contributed by atoms with Gasteiger partial charge in [0.2, 0.25) is 0 Å². The van der Waals surface area contributed by atoms with Gasteiger partial charge in [-0.2, -0.15) is 0 Å². The molecule has 4 aromatic rings. The number of ether oxygens (including phenoxy) is 1. The Morgan fingerprint density at radius 2 is 1.83 bits per heavy atom. The summed E-state index contributed by atoms with van der Waals surface area (Å²) < 4.78 is 7.61. The SMILES string of the molecule is COc1ccc2c(c1)nc(C(C)c1ccc(CO)cc1)n2Cc1ccccc1Cl. The van der Waals surface area contributed by atoms with Crippen LogP contribution in [0.4, 0.5) is 0 Å². The van der Waals surface area contributed by atoms with E-state index in [9.17, 15) is 5.11 Å². The maximum absolute atomic E-state index is 9.32. The zero-order chi connectivity index (χ0) is 20.4. The molecular weight excluding hydrogens is 384 g/mol. The van der Waals surface area contributed by atoms with Gasteiger partial charge in [-0.15, -0.1) is 0 Å². The number of hydrogen-bond donors (Lipinski definition) is 1. The van der Waals surface area contributed by atoms with Crippen molar-refractivity contribution in [3.8, 4) is 5.75 Å². The van der Waals surface area contributed by atoms with E-state index in [4.69, 9.17) is 21.3 Å². The lowest BCUT2D eigenvalue weighted by atomic mass is 9.99. The van der Waals surface area contributed by atoms with Crippen LogP contribution in [0.25, 0.3) is 11.0 Å². The Labute approximate surface area is 175 Å². The van der Waals surface area contributed by atoms with Gasteiger partial charge >= 0.3 is 0 Å². The highest BCUT2D eigenvalue weighted by Gasteiger charge is 2.19. The highest BCUT2D eigenvalue weighted by Crippen LogP contribution is 2.31. The third-order valence-electron chi connectivity index (χ3n) is 5.32. The van der Waals surface area contributed by atoms with E-state index >= 15 is 0 Å². The summed E-state index contributed by atoms with van der Waals surface area (Å²) in [4.78, 5) is 4.96. The van der Waals surface area contributed by atoms with Crippen LogP contribution < -0.4 is 4.74 Å². The minimum Gasteiger partial charge on any atom is -0.497 e. The lowest BCUT2D eigenvalue weighted by Crippen LogP contribution is -2.09. The first kappa shape index (κ1) is 19.5. The Morgan fingerprint density at radius 3 is 2.52 bits per heavy atom. The summed E-state index contributed by atoms with van der Waals surface area (Å²) >= 11 is 6.44. The number of methoxy groups -OCH3 is 1. The predicted molar refractivity (Wildman–Crippen MR) is 117 cm³/mol. The van der Waals surface area contributed by atoms with E-state index in [1.165, 1.54) is 0 Å². The lowest BCUT2D eigenvalue weighted by Gasteiger charge is -2.16. The number of aliphatic hydroxyl groups excluding tert-OH is 1. The number of fused-ring (bicyclic) bond motifs is 1. The molecule has 3 aromatic carbocycles. The molecule has 4 nitrogen and oxygen atoms in total. The van der Waals surface area contributed by atoms with Gasteiger partial charge in [0.05, 0.1) is 31.3 Å². The number of hydrogen-bond acceptors (Lipinski definition) is 3. The third-order valence-corrected chi connectivity index (χ3v) is 5.69. The maximum atomic E-state index is 9.32. The van der Waals surface area contributed by atoms with Crippen molar-refractivity contribution >= 4 is 22.6 Å². The normalized spacial score (nSPS) is 12.3. The second kappa shape index (κ2) is 8.27. The van der Waals surface area contributed by atoms with Crippen LogP contribution in [0.3, 0.4) is 0 Å². The highest BCUT2D eigenvalue weighted by molar-refractivity contribution is 6.31. The van der Waals surface area contributed by atoms with Gasteiger partial charge in [0, 0.05) is 17.0 Å². The summed E-state index contributed by atoms with van der Waals surface area (Å²) in [5, 5.41) is 10.1. The van der Waals surface area contributed by atoms with E-state index in [0.29, 0.717) is 6.54 Å². The van der Waals surface area contributed by atoms with E-state index in [1.54, 1.807) is 7.11 Å². The molecular formula is C24H23ClN2O2. The van der Waals surface area contributed by atoms with Crippen molar-refractivity contribution in [3.05, 3.63) is 94.3 Å². The quantitative estimate of drug-likeness (QED) is 0.467. The zero-order valence-electron chi connectivity index (χ0n) is 16.5. The molecule has 4 rings (SSSR count). The fourth-order valence-electron chi connectivity index (χ4n) is 3.61. The standard InChI is InChI=1S/C24H23ClN2O2/c1-16(18-9-7-17(15-28)8-10-18)24-26-22-13-20(29-2)11-12-23(22)27(24)14-19-5-3-4-6-21(19)25/h3-13,16,28H,14-15H2,1-2H3. The molecule has 1 N–H and O–H groups in total. The summed E-state index contributed by atoms with van der Waals surface area (Å²) in [6.45, 7) is 2.83.